The number of esters is 4. The molecule has 0 rings (SSSR count). The third-order valence-electron chi connectivity index (χ3n) is 2.04. The van der Waals surface area contributed by atoms with Crippen molar-refractivity contribution in [3.05, 3.63) is 24.0 Å². The molecule has 1 atom stereocenters. The summed E-state index contributed by atoms with van der Waals surface area (Å²) in [5.41, 5.74) is 0. The van der Waals surface area contributed by atoms with Crippen LogP contribution in [0, 0.1) is 0 Å². The lowest BCUT2D eigenvalue weighted by molar-refractivity contribution is -0.153. The SMILES string of the molecule is CC(=O)OC/C=C/C(=C/[C@@H](COC(C)=O)OC(C)=O)OC(C)=O. The summed E-state index contributed by atoms with van der Waals surface area (Å²) in [5.74, 6) is -2.13. The van der Waals surface area contributed by atoms with E-state index in [1.54, 1.807) is 0 Å². The van der Waals surface area contributed by atoms with Crippen molar-refractivity contribution in [3.63, 3.8) is 0 Å². The van der Waals surface area contributed by atoms with Crippen molar-refractivity contribution in [1.29, 1.82) is 0 Å². The van der Waals surface area contributed by atoms with Crippen LogP contribution in [0.3, 0.4) is 0 Å². The zero-order chi connectivity index (χ0) is 17.8. The lowest BCUT2D eigenvalue weighted by Gasteiger charge is -2.14. The van der Waals surface area contributed by atoms with E-state index in [2.05, 4.69) is 0 Å². The fraction of sp³-hybridized carbons (Fsp3) is 0.467. The van der Waals surface area contributed by atoms with Crippen molar-refractivity contribution in [2.75, 3.05) is 13.2 Å². The average Bonchev–Trinajstić information content (AvgIpc) is 2.39. The molecule has 0 heterocycles. The highest BCUT2D eigenvalue weighted by molar-refractivity contribution is 5.68. The molecule has 0 bridgehead atoms. The Kier molecular flexibility index (Phi) is 9.74. The Morgan fingerprint density at radius 1 is 0.870 bits per heavy atom. The van der Waals surface area contributed by atoms with Gasteiger partial charge in [-0.3, -0.25) is 19.2 Å². The van der Waals surface area contributed by atoms with Gasteiger partial charge in [-0.25, -0.2) is 0 Å². The van der Waals surface area contributed by atoms with Gasteiger partial charge in [0.2, 0.25) is 0 Å². The number of hydrogen-bond acceptors (Lipinski definition) is 8. The minimum Gasteiger partial charge on any atom is -0.462 e. The van der Waals surface area contributed by atoms with E-state index >= 15 is 0 Å². The highest BCUT2D eigenvalue weighted by atomic mass is 16.6. The molecule has 0 aliphatic carbocycles. The van der Waals surface area contributed by atoms with Crippen molar-refractivity contribution in [3.8, 4) is 0 Å². The van der Waals surface area contributed by atoms with E-state index in [1.165, 1.54) is 45.9 Å². The van der Waals surface area contributed by atoms with Gasteiger partial charge < -0.3 is 18.9 Å². The maximum absolute atomic E-state index is 11.1. The molecule has 0 N–H and O–H groups in total. The van der Waals surface area contributed by atoms with Crippen LogP contribution in [0.15, 0.2) is 24.0 Å². The number of ether oxygens (including phenoxy) is 4. The van der Waals surface area contributed by atoms with Crippen LogP contribution in [0.1, 0.15) is 27.7 Å². The second-order valence-corrected chi connectivity index (χ2v) is 4.32. The lowest BCUT2D eigenvalue weighted by Crippen LogP contribution is -2.22. The summed E-state index contributed by atoms with van der Waals surface area (Å²) in [6.07, 6.45) is 3.18. The minimum absolute atomic E-state index is 0.0177. The highest BCUT2D eigenvalue weighted by Gasteiger charge is 2.13. The molecule has 23 heavy (non-hydrogen) atoms. The molecule has 0 aromatic heterocycles. The lowest BCUT2D eigenvalue weighted by atomic mass is 10.3. The minimum atomic E-state index is -0.927. The number of rotatable bonds is 8. The first kappa shape index (κ1) is 20.4. The van der Waals surface area contributed by atoms with Crippen molar-refractivity contribution >= 4 is 23.9 Å². The van der Waals surface area contributed by atoms with Crippen molar-refractivity contribution in [1.82, 2.24) is 0 Å². The fourth-order valence-electron chi connectivity index (χ4n) is 1.33. The molecule has 0 aliphatic heterocycles. The quantitative estimate of drug-likeness (QED) is 0.282. The monoisotopic (exact) mass is 328 g/mol. The summed E-state index contributed by atoms with van der Waals surface area (Å²) in [6.45, 7) is 4.61. The van der Waals surface area contributed by atoms with Crippen molar-refractivity contribution < 1.29 is 38.1 Å². The molecule has 8 heteroatoms. The van der Waals surface area contributed by atoms with Crippen molar-refractivity contribution in [2.24, 2.45) is 0 Å². The van der Waals surface area contributed by atoms with Gasteiger partial charge in [-0.05, 0) is 12.2 Å². The van der Waals surface area contributed by atoms with Crippen LogP contribution in [0.5, 0.6) is 0 Å². The number of carbonyl (C=O) groups is 4. The Morgan fingerprint density at radius 3 is 1.96 bits per heavy atom. The first-order valence-electron chi connectivity index (χ1n) is 6.71. The molecule has 0 saturated heterocycles. The summed E-state index contributed by atoms with van der Waals surface area (Å²) in [6, 6.07) is 0. The molecule has 0 spiro atoms. The van der Waals surface area contributed by atoms with Gasteiger partial charge in [-0.1, -0.05) is 0 Å². The maximum Gasteiger partial charge on any atom is 0.308 e. The Labute approximate surface area is 134 Å². The van der Waals surface area contributed by atoms with Crippen LogP contribution < -0.4 is 0 Å². The van der Waals surface area contributed by atoms with E-state index in [0.717, 1.165) is 0 Å². The summed E-state index contributed by atoms with van der Waals surface area (Å²) < 4.78 is 19.4. The van der Waals surface area contributed by atoms with Gasteiger partial charge in [0.15, 0.2) is 6.10 Å². The Morgan fingerprint density at radius 2 is 1.48 bits per heavy atom. The van der Waals surface area contributed by atoms with Crippen LogP contribution in [-0.2, 0) is 38.1 Å². The van der Waals surface area contributed by atoms with Gasteiger partial charge >= 0.3 is 23.9 Å². The topological polar surface area (TPSA) is 105 Å². The summed E-state index contributed by atoms with van der Waals surface area (Å²) in [5, 5.41) is 0. The summed E-state index contributed by atoms with van der Waals surface area (Å²) in [4.78, 5) is 43.6. The normalized spacial score (nSPS) is 12.4. The molecule has 0 radical (unpaired) electrons. The van der Waals surface area contributed by atoms with Crippen LogP contribution in [0.2, 0.25) is 0 Å². The smallest absolute Gasteiger partial charge is 0.308 e. The highest BCUT2D eigenvalue weighted by Crippen LogP contribution is 2.07. The molecular formula is C15H20O8. The second-order valence-electron chi connectivity index (χ2n) is 4.32. The second kappa shape index (κ2) is 11.0. The molecule has 0 aromatic carbocycles. The third kappa shape index (κ3) is 12.8. The zero-order valence-corrected chi connectivity index (χ0v) is 13.5. The number of carbonyl (C=O) groups excluding carboxylic acids is 4. The average molecular weight is 328 g/mol. The first-order valence-corrected chi connectivity index (χ1v) is 6.71. The number of allylic oxidation sites excluding steroid dienone is 1. The predicted molar refractivity (Wildman–Crippen MR) is 77.8 cm³/mol. The van der Waals surface area contributed by atoms with Gasteiger partial charge in [0.05, 0.1) is 0 Å². The van der Waals surface area contributed by atoms with E-state index in [-0.39, 0.29) is 19.0 Å². The van der Waals surface area contributed by atoms with E-state index in [1.807, 2.05) is 0 Å². The van der Waals surface area contributed by atoms with Crippen LogP contribution in [-0.4, -0.2) is 43.2 Å². The molecule has 0 unspecified atom stereocenters. The molecule has 0 fully saturated rings. The van der Waals surface area contributed by atoms with E-state index in [0.29, 0.717) is 0 Å². The van der Waals surface area contributed by atoms with Gasteiger partial charge in [0, 0.05) is 33.8 Å². The summed E-state index contributed by atoms with van der Waals surface area (Å²) in [7, 11) is 0. The van der Waals surface area contributed by atoms with E-state index < -0.39 is 30.0 Å². The van der Waals surface area contributed by atoms with Crippen LogP contribution >= 0.6 is 0 Å². The molecule has 0 amide bonds. The third-order valence-corrected chi connectivity index (χ3v) is 2.04. The Hall–Kier alpha value is -2.64. The van der Waals surface area contributed by atoms with Gasteiger partial charge in [-0.15, -0.1) is 0 Å². The van der Waals surface area contributed by atoms with Crippen LogP contribution in [0.4, 0.5) is 0 Å². The Bertz CT molecular complexity index is 504. The molecule has 0 aliphatic rings. The largest absolute Gasteiger partial charge is 0.462 e. The zero-order valence-electron chi connectivity index (χ0n) is 13.5. The molecule has 0 saturated carbocycles. The summed E-state index contributed by atoms with van der Waals surface area (Å²) >= 11 is 0. The fourth-order valence-corrected chi connectivity index (χ4v) is 1.33. The van der Waals surface area contributed by atoms with Gasteiger partial charge in [0.1, 0.15) is 19.0 Å². The predicted octanol–water partition coefficient (Wildman–Crippen LogP) is 1.05. The van der Waals surface area contributed by atoms with Gasteiger partial charge in [0.25, 0.3) is 0 Å². The standard InChI is InChI=1S/C15H20O8/c1-10(16)20-7-5-6-14(22-12(3)18)8-15(23-13(4)19)9-21-11(2)17/h5-6,8,15H,7,9H2,1-4H3/b6-5+,14-8-/t15-/m0/s1. The first-order chi connectivity index (χ1) is 10.7. The van der Waals surface area contributed by atoms with Crippen LogP contribution in [0.25, 0.3) is 0 Å². The number of hydrogen-bond donors (Lipinski definition) is 0. The maximum atomic E-state index is 11.1. The molecule has 0 aromatic rings. The van der Waals surface area contributed by atoms with E-state index in [4.69, 9.17) is 18.9 Å². The molecule has 128 valence electrons. The van der Waals surface area contributed by atoms with Gasteiger partial charge in [-0.2, -0.15) is 0 Å². The Balaban J connectivity index is 5.04. The van der Waals surface area contributed by atoms with Crippen molar-refractivity contribution in [2.45, 2.75) is 33.8 Å². The van der Waals surface area contributed by atoms with E-state index in [9.17, 15) is 19.2 Å². The molecular weight excluding hydrogens is 308 g/mol. The molecule has 8 nitrogen and oxygen atoms in total.